The maximum Gasteiger partial charge on any atom is 0.240 e. The molecular formula is C20H25ClFN3O3S. The highest BCUT2D eigenvalue weighted by atomic mass is 35.5. The van der Waals surface area contributed by atoms with Gasteiger partial charge in [-0.3, -0.25) is 4.90 Å². The topological polar surface area (TPSA) is 61.9 Å². The number of halogens is 2. The standard InChI is InChI=1S/C20H25ClFN3O3S/c1-28-20-8-7-16(15-17(20)21)29(26,27)23-9-4-10-24-11-13-25(14-12-24)19-6-3-2-5-18(19)22/h2-3,5-8,15,23H,4,9-14H2,1H3. The summed E-state index contributed by atoms with van der Waals surface area (Å²) in [6.45, 7) is 4.23. The highest BCUT2D eigenvalue weighted by Gasteiger charge is 2.19. The van der Waals surface area contributed by atoms with Crippen LogP contribution in [0.2, 0.25) is 5.02 Å². The molecule has 158 valence electrons. The van der Waals surface area contributed by atoms with Crippen LogP contribution in [0, 0.1) is 5.82 Å². The lowest BCUT2D eigenvalue weighted by molar-refractivity contribution is 0.255. The second kappa shape index (κ2) is 9.75. The number of rotatable bonds is 8. The van der Waals surface area contributed by atoms with Crippen molar-refractivity contribution in [3.05, 3.63) is 53.3 Å². The molecule has 3 rings (SSSR count). The summed E-state index contributed by atoms with van der Waals surface area (Å²) in [6, 6.07) is 11.2. The van der Waals surface area contributed by atoms with Crippen LogP contribution >= 0.6 is 11.6 Å². The molecule has 1 aliphatic rings. The molecule has 0 aliphatic carbocycles. The van der Waals surface area contributed by atoms with Crippen LogP contribution in [-0.2, 0) is 10.0 Å². The highest BCUT2D eigenvalue weighted by Crippen LogP contribution is 2.26. The predicted molar refractivity (Wildman–Crippen MR) is 113 cm³/mol. The summed E-state index contributed by atoms with van der Waals surface area (Å²) in [5.74, 6) is 0.231. The van der Waals surface area contributed by atoms with Crippen molar-refractivity contribution in [1.82, 2.24) is 9.62 Å². The number of benzene rings is 2. The van der Waals surface area contributed by atoms with Crippen LogP contribution in [0.25, 0.3) is 0 Å². The smallest absolute Gasteiger partial charge is 0.240 e. The van der Waals surface area contributed by atoms with Gasteiger partial charge in [0.15, 0.2) is 0 Å². The number of nitrogens with zero attached hydrogens (tertiary/aromatic N) is 2. The molecule has 0 saturated carbocycles. The fourth-order valence-electron chi connectivity index (χ4n) is 3.33. The van der Waals surface area contributed by atoms with Crippen molar-refractivity contribution in [3.63, 3.8) is 0 Å². The van der Waals surface area contributed by atoms with Crippen molar-refractivity contribution in [2.45, 2.75) is 11.3 Å². The number of methoxy groups -OCH3 is 1. The first-order chi connectivity index (χ1) is 13.9. The number of sulfonamides is 1. The third kappa shape index (κ3) is 5.60. The Balaban J connectivity index is 1.43. The summed E-state index contributed by atoms with van der Waals surface area (Å²) >= 11 is 6.01. The Labute approximate surface area is 176 Å². The molecule has 9 heteroatoms. The van der Waals surface area contributed by atoms with Crippen molar-refractivity contribution in [1.29, 1.82) is 0 Å². The molecule has 0 bridgehead atoms. The van der Waals surface area contributed by atoms with Crippen LogP contribution in [-0.4, -0.2) is 59.7 Å². The molecule has 2 aromatic rings. The van der Waals surface area contributed by atoms with E-state index in [4.69, 9.17) is 16.3 Å². The lowest BCUT2D eigenvalue weighted by Crippen LogP contribution is -2.47. The van der Waals surface area contributed by atoms with E-state index in [0.717, 1.165) is 32.7 Å². The molecule has 0 unspecified atom stereocenters. The Bertz CT molecular complexity index is 934. The average molecular weight is 442 g/mol. The number of anilines is 1. The van der Waals surface area contributed by atoms with Gasteiger partial charge in [0.05, 0.1) is 22.7 Å². The molecule has 0 radical (unpaired) electrons. The second-order valence-corrected chi connectivity index (χ2v) is 9.00. The summed E-state index contributed by atoms with van der Waals surface area (Å²) in [7, 11) is -2.14. The predicted octanol–water partition coefficient (Wildman–Crippen LogP) is 2.98. The van der Waals surface area contributed by atoms with E-state index in [1.54, 1.807) is 12.1 Å². The van der Waals surface area contributed by atoms with E-state index >= 15 is 0 Å². The minimum absolute atomic E-state index is 0.113. The molecule has 1 N–H and O–H groups in total. The Morgan fingerprint density at radius 3 is 2.52 bits per heavy atom. The number of nitrogens with one attached hydrogen (secondary N) is 1. The fourth-order valence-corrected chi connectivity index (χ4v) is 4.75. The van der Waals surface area contributed by atoms with Crippen LogP contribution in [0.4, 0.5) is 10.1 Å². The normalized spacial score (nSPS) is 15.5. The largest absolute Gasteiger partial charge is 0.495 e. The highest BCUT2D eigenvalue weighted by molar-refractivity contribution is 7.89. The Morgan fingerprint density at radius 1 is 1.14 bits per heavy atom. The van der Waals surface area contributed by atoms with Gasteiger partial charge < -0.3 is 9.64 Å². The van der Waals surface area contributed by atoms with Gasteiger partial charge >= 0.3 is 0 Å². The maximum atomic E-state index is 13.9. The van der Waals surface area contributed by atoms with Crippen LogP contribution in [0.3, 0.4) is 0 Å². The van der Waals surface area contributed by atoms with Gasteiger partial charge in [-0.2, -0.15) is 0 Å². The summed E-state index contributed by atoms with van der Waals surface area (Å²) in [5, 5.41) is 0.253. The Kier molecular flexibility index (Phi) is 7.34. The Morgan fingerprint density at radius 2 is 1.86 bits per heavy atom. The van der Waals surface area contributed by atoms with Gasteiger partial charge in [-0.1, -0.05) is 23.7 Å². The third-order valence-corrected chi connectivity index (χ3v) is 6.70. The van der Waals surface area contributed by atoms with E-state index in [2.05, 4.69) is 9.62 Å². The Hall–Kier alpha value is -1.87. The molecular weight excluding hydrogens is 417 g/mol. The van der Waals surface area contributed by atoms with Gasteiger partial charge in [-0.05, 0) is 43.3 Å². The quantitative estimate of drug-likeness (QED) is 0.638. The lowest BCUT2D eigenvalue weighted by Gasteiger charge is -2.36. The van der Waals surface area contributed by atoms with Gasteiger partial charge in [0.25, 0.3) is 0 Å². The minimum atomic E-state index is -3.62. The van der Waals surface area contributed by atoms with E-state index < -0.39 is 10.0 Å². The molecule has 2 aromatic carbocycles. The van der Waals surface area contributed by atoms with Gasteiger partial charge in [-0.15, -0.1) is 0 Å². The molecule has 1 saturated heterocycles. The molecule has 6 nitrogen and oxygen atoms in total. The number of ether oxygens (including phenoxy) is 1. The van der Waals surface area contributed by atoms with Gasteiger partial charge in [0, 0.05) is 32.7 Å². The van der Waals surface area contributed by atoms with E-state index in [1.165, 1.54) is 31.4 Å². The fraction of sp³-hybridized carbons (Fsp3) is 0.400. The van der Waals surface area contributed by atoms with Crippen molar-refractivity contribution in [2.75, 3.05) is 51.3 Å². The second-order valence-electron chi connectivity index (χ2n) is 6.83. The summed E-state index contributed by atoms with van der Waals surface area (Å²) in [4.78, 5) is 4.42. The van der Waals surface area contributed by atoms with Crippen LogP contribution in [0.5, 0.6) is 5.75 Å². The third-order valence-electron chi connectivity index (χ3n) is 4.94. The monoisotopic (exact) mass is 441 g/mol. The van der Waals surface area contributed by atoms with Crippen molar-refractivity contribution < 1.29 is 17.5 Å². The van der Waals surface area contributed by atoms with Crippen molar-refractivity contribution in [2.24, 2.45) is 0 Å². The molecule has 0 amide bonds. The van der Waals surface area contributed by atoms with Gasteiger partial charge in [-0.25, -0.2) is 17.5 Å². The maximum absolute atomic E-state index is 13.9. The van der Waals surface area contributed by atoms with Crippen molar-refractivity contribution in [3.8, 4) is 5.75 Å². The first kappa shape index (κ1) is 21.8. The first-order valence-corrected chi connectivity index (χ1v) is 11.3. The molecule has 1 aliphatic heterocycles. The molecule has 0 spiro atoms. The minimum Gasteiger partial charge on any atom is -0.495 e. The van der Waals surface area contributed by atoms with E-state index in [-0.39, 0.29) is 15.7 Å². The van der Waals surface area contributed by atoms with Gasteiger partial charge in [0.2, 0.25) is 10.0 Å². The van der Waals surface area contributed by atoms with Crippen LogP contribution in [0.15, 0.2) is 47.4 Å². The van der Waals surface area contributed by atoms with E-state index in [1.807, 2.05) is 11.0 Å². The summed E-state index contributed by atoms with van der Waals surface area (Å²) in [5.41, 5.74) is 0.637. The number of piperazine rings is 1. The zero-order valence-electron chi connectivity index (χ0n) is 16.3. The van der Waals surface area contributed by atoms with Crippen molar-refractivity contribution >= 4 is 27.3 Å². The molecule has 1 fully saturated rings. The molecule has 1 heterocycles. The zero-order chi connectivity index (χ0) is 20.9. The lowest BCUT2D eigenvalue weighted by atomic mass is 10.2. The average Bonchev–Trinajstić information content (AvgIpc) is 2.72. The van der Waals surface area contributed by atoms with E-state index in [0.29, 0.717) is 24.4 Å². The number of para-hydroxylation sites is 1. The summed E-state index contributed by atoms with van der Waals surface area (Å²) in [6.07, 6.45) is 0.683. The SMILES string of the molecule is COc1ccc(S(=O)(=O)NCCCN2CCN(c3ccccc3F)CC2)cc1Cl. The molecule has 0 aromatic heterocycles. The molecule has 0 atom stereocenters. The number of hydrogen-bond donors (Lipinski definition) is 1. The number of hydrogen-bond acceptors (Lipinski definition) is 5. The van der Waals surface area contributed by atoms with Crippen LogP contribution in [0.1, 0.15) is 6.42 Å². The van der Waals surface area contributed by atoms with Crippen LogP contribution < -0.4 is 14.4 Å². The van der Waals surface area contributed by atoms with E-state index in [9.17, 15) is 12.8 Å². The zero-order valence-corrected chi connectivity index (χ0v) is 17.8. The first-order valence-electron chi connectivity index (χ1n) is 9.46. The summed E-state index contributed by atoms with van der Waals surface area (Å²) < 4.78 is 46.4. The molecule has 29 heavy (non-hydrogen) atoms. The van der Waals surface area contributed by atoms with Gasteiger partial charge in [0.1, 0.15) is 11.6 Å².